The van der Waals surface area contributed by atoms with Crippen LogP contribution in [-0.2, 0) is 9.59 Å². The van der Waals surface area contributed by atoms with Crippen molar-refractivity contribution >= 4 is 17.4 Å². The first-order valence-corrected chi connectivity index (χ1v) is 7.86. The molecule has 3 aromatic rings. The Bertz CT molecular complexity index is 897. The minimum absolute atomic E-state index is 0.0279. The third-order valence-electron chi connectivity index (χ3n) is 3.35. The standard InChI is InChI=1S/C17H15N7O2/c1-11(25)5-8-15(26)20-12-6-7-14(19-10-12)17-23-21-16(22-24-17)13-4-2-3-9-18-13/h2-4,6-7,9-10H,5,8H2,1H3,(H,20,26). The van der Waals surface area contributed by atoms with Gasteiger partial charge in [0.25, 0.3) is 0 Å². The molecule has 3 heterocycles. The Balaban J connectivity index is 1.67. The molecule has 9 nitrogen and oxygen atoms in total. The highest BCUT2D eigenvalue weighted by Gasteiger charge is 2.09. The van der Waals surface area contributed by atoms with Gasteiger partial charge in [0.05, 0.1) is 11.9 Å². The molecule has 0 bridgehead atoms. The van der Waals surface area contributed by atoms with E-state index in [4.69, 9.17) is 0 Å². The fourth-order valence-corrected chi connectivity index (χ4v) is 2.04. The van der Waals surface area contributed by atoms with Gasteiger partial charge in [0, 0.05) is 19.0 Å². The maximum atomic E-state index is 11.7. The molecule has 26 heavy (non-hydrogen) atoms. The van der Waals surface area contributed by atoms with Crippen LogP contribution >= 0.6 is 0 Å². The van der Waals surface area contributed by atoms with Crippen LogP contribution in [0.1, 0.15) is 19.8 Å². The van der Waals surface area contributed by atoms with Crippen LogP contribution in [0.15, 0.2) is 42.7 Å². The summed E-state index contributed by atoms with van der Waals surface area (Å²) in [5.41, 5.74) is 1.57. The van der Waals surface area contributed by atoms with E-state index in [-0.39, 0.29) is 30.4 Å². The van der Waals surface area contributed by atoms with Crippen molar-refractivity contribution in [2.24, 2.45) is 0 Å². The fourth-order valence-electron chi connectivity index (χ4n) is 2.04. The van der Waals surface area contributed by atoms with E-state index in [1.54, 1.807) is 30.5 Å². The number of aromatic nitrogens is 6. The van der Waals surface area contributed by atoms with E-state index in [1.165, 1.54) is 13.1 Å². The number of pyridine rings is 2. The van der Waals surface area contributed by atoms with E-state index in [0.29, 0.717) is 22.9 Å². The Hall–Kier alpha value is -3.62. The van der Waals surface area contributed by atoms with Crippen LogP contribution in [0.2, 0.25) is 0 Å². The molecule has 0 aliphatic carbocycles. The van der Waals surface area contributed by atoms with Gasteiger partial charge in [0.15, 0.2) is 0 Å². The van der Waals surface area contributed by atoms with Gasteiger partial charge in [0.1, 0.15) is 17.2 Å². The Morgan fingerprint density at radius 1 is 0.885 bits per heavy atom. The quantitative estimate of drug-likeness (QED) is 0.713. The molecule has 0 radical (unpaired) electrons. The van der Waals surface area contributed by atoms with Gasteiger partial charge in [-0.15, -0.1) is 20.4 Å². The molecule has 1 N–H and O–H groups in total. The van der Waals surface area contributed by atoms with Crippen LogP contribution in [0.5, 0.6) is 0 Å². The summed E-state index contributed by atoms with van der Waals surface area (Å²) in [6.45, 7) is 1.45. The third-order valence-corrected chi connectivity index (χ3v) is 3.35. The number of nitrogens with zero attached hydrogens (tertiary/aromatic N) is 6. The lowest BCUT2D eigenvalue weighted by atomic mass is 10.2. The Morgan fingerprint density at radius 3 is 2.12 bits per heavy atom. The molecule has 0 unspecified atom stereocenters. The fraction of sp³-hybridized carbons (Fsp3) is 0.176. The summed E-state index contributed by atoms with van der Waals surface area (Å²) in [5, 5.41) is 18.7. The van der Waals surface area contributed by atoms with Crippen molar-refractivity contribution < 1.29 is 9.59 Å². The lowest BCUT2D eigenvalue weighted by Gasteiger charge is -2.05. The Kier molecular flexibility index (Phi) is 5.28. The SMILES string of the molecule is CC(=O)CCC(=O)Nc1ccc(-c2nnc(-c3ccccn3)nn2)nc1. The number of nitrogens with one attached hydrogen (secondary N) is 1. The summed E-state index contributed by atoms with van der Waals surface area (Å²) in [7, 11) is 0. The number of Topliss-reactive ketones (excluding diaryl/α,β-unsaturated/α-hetero) is 1. The first-order chi connectivity index (χ1) is 12.6. The number of carbonyl (C=O) groups is 2. The van der Waals surface area contributed by atoms with Gasteiger partial charge < -0.3 is 10.1 Å². The second kappa shape index (κ2) is 7.97. The molecule has 0 atom stereocenters. The van der Waals surface area contributed by atoms with Crippen molar-refractivity contribution in [2.45, 2.75) is 19.8 Å². The summed E-state index contributed by atoms with van der Waals surface area (Å²) in [5.74, 6) is 0.316. The number of rotatable bonds is 6. The highest BCUT2D eigenvalue weighted by atomic mass is 16.2. The summed E-state index contributed by atoms with van der Waals surface area (Å²) < 4.78 is 0. The molecule has 0 spiro atoms. The van der Waals surface area contributed by atoms with Crippen LogP contribution in [-0.4, -0.2) is 42.1 Å². The molecule has 0 fully saturated rings. The number of hydrogen-bond donors (Lipinski definition) is 1. The van der Waals surface area contributed by atoms with Crippen molar-refractivity contribution in [3.05, 3.63) is 42.7 Å². The second-order valence-corrected chi connectivity index (χ2v) is 5.44. The van der Waals surface area contributed by atoms with Gasteiger partial charge in [-0.05, 0) is 31.2 Å². The predicted molar refractivity (Wildman–Crippen MR) is 92.6 cm³/mol. The van der Waals surface area contributed by atoms with Gasteiger partial charge >= 0.3 is 0 Å². The van der Waals surface area contributed by atoms with Gasteiger partial charge in [-0.25, -0.2) is 0 Å². The van der Waals surface area contributed by atoms with Crippen molar-refractivity contribution in [3.63, 3.8) is 0 Å². The number of carbonyl (C=O) groups excluding carboxylic acids is 2. The topological polar surface area (TPSA) is 124 Å². The van der Waals surface area contributed by atoms with Crippen LogP contribution in [0, 0.1) is 0 Å². The van der Waals surface area contributed by atoms with E-state index in [1.807, 2.05) is 6.07 Å². The smallest absolute Gasteiger partial charge is 0.224 e. The van der Waals surface area contributed by atoms with Crippen LogP contribution in [0.4, 0.5) is 5.69 Å². The summed E-state index contributed by atoms with van der Waals surface area (Å²) in [6.07, 6.45) is 3.47. The van der Waals surface area contributed by atoms with E-state index >= 15 is 0 Å². The van der Waals surface area contributed by atoms with Gasteiger partial charge in [0.2, 0.25) is 17.6 Å². The monoisotopic (exact) mass is 349 g/mol. The molecule has 130 valence electrons. The zero-order valence-corrected chi connectivity index (χ0v) is 14.0. The zero-order valence-electron chi connectivity index (χ0n) is 14.0. The molecule has 0 saturated heterocycles. The molecule has 3 rings (SSSR count). The van der Waals surface area contributed by atoms with E-state index in [9.17, 15) is 9.59 Å². The molecule has 3 aromatic heterocycles. The van der Waals surface area contributed by atoms with Crippen LogP contribution < -0.4 is 5.32 Å². The highest BCUT2D eigenvalue weighted by Crippen LogP contribution is 2.15. The predicted octanol–water partition coefficient (Wildman–Crippen LogP) is 1.70. The van der Waals surface area contributed by atoms with Gasteiger partial charge in [-0.3, -0.25) is 14.8 Å². The van der Waals surface area contributed by atoms with Crippen molar-refractivity contribution in [1.82, 2.24) is 30.4 Å². The summed E-state index contributed by atoms with van der Waals surface area (Å²) >= 11 is 0. The highest BCUT2D eigenvalue weighted by molar-refractivity contribution is 5.93. The first-order valence-electron chi connectivity index (χ1n) is 7.86. The van der Waals surface area contributed by atoms with Crippen molar-refractivity contribution in [1.29, 1.82) is 0 Å². The zero-order chi connectivity index (χ0) is 18.4. The molecule has 0 aliphatic rings. The molecular weight excluding hydrogens is 334 g/mol. The lowest BCUT2D eigenvalue weighted by Crippen LogP contribution is -2.12. The average Bonchev–Trinajstić information content (AvgIpc) is 2.68. The average molecular weight is 349 g/mol. The van der Waals surface area contributed by atoms with Gasteiger partial charge in [-0.1, -0.05) is 6.07 Å². The molecule has 9 heteroatoms. The minimum Gasteiger partial charge on any atom is -0.325 e. The normalized spacial score (nSPS) is 10.3. The van der Waals surface area contributed by atoms with E-state index < -0.39 is 0 Å². The van der Waals surface area contributed by atoms with Gasteiger partial charge in [-0.2, -0.15) is 0 Å². The largest absolute Gasteiger partial charge is 0.325 e. The Morgan fingerprint density at radius 2 is 1.58 bits per heavy atom. The van der Waals surface area contributed by atoms with Crippen molar-refractivity contribution in [3.8, 4) is 23.0 Å². The number of ketones is 1. The molecule has 0 aromatic carbocycles. The number of hydrogen-bond acceptors (Lipinski definition) is 8. The van der Waals surface area contributed by atoms with Crippen LogP contribution in [0.3, 0.4) is 0 Å². The van der Waals surface area contributed by atoms with E-state index in [0.717, 1.165) is 0 Å². The van der Waals surface area contributed by atoms with Crippen molar-refractivity contribution in [2.75, 3.05) is 5.32 Å². The second-order valence-electron chi connectivity index (χ2n) is 5.44. The molecule has 1 amide bonds. The maximum Gasteiger partial charge on any atom is 0.224 e. The third kappa shape index (κ3) is 4.47. The van der Waals surface area contributed by atoms with Crippen LogP contribution in [0.25, 0.3) is 23.0 Å². The molecular formula is C17H15N7O2. The Labute approximate surface area is 148 Å². The molecule has 0 saturated carbocycles. The number of anilines is 1. The van der Waals surface area contributed by atoms with E-state index in [2.05, 4.69) is 35.7 Å². The first kappa shape index (κ1) is 17.2. The minimum atomic E-state index is -0.242. The summed E-state index contributed by atoms with van der Waals surface area (Å²) in [6, 6.07) is 8.71. The maximum absolute atomic E-state index is 11.7. The lowest BCUT2D eigenvalue weighted by molar-refractivity contribution is -0.121. The summed E-state index contributed by atoms with van der Waals surface area (Å²) in [4.78, 5) is 30.9. The number of amides is 1. The molecule has 0 aliphatic heterocycles.